The minimum atomic E-state index is 0.102. The molecule has 1 unspecified atom stereocenters. The Kier molecular flexibility index (Phi) is 6.67. The maximum Gasteiger partial charge on any atom is 0.224 e. The lowest BCUT2D eigenvalue weighted by Gasteiger charge is -2.16. The molecule has 132 valence electrons. The summed E-state index contributed by atoms with van der Waals surface area (Å²) in [6.45, 7) is 2.91. The summed E-state index contributed by atoms with van der Waals surface area (Å²) in [4.78, 5) is 12.1. The largest absolute Gasteiger partial charge is 0.379 e. The number of amides is 1. The number of carbonyl (C=O) groups excluding carboxylic acids is 1. The minimum absolute atomic E-state index is 0.102. The number of fused-ring (bicyclic) bond motifs is 1. The van der Waals surface area contributed by atoms with Crippen molar-refractivity contribution in [3.63, 3.8) is 0 Å². The molecule has 2 aliphatic rings. The molecular formula is C20H29NO3. The van der Waals surface area contributed by atoms with Gasteiger partial charge in [-0.3, -0.25) is 4.79 Å². The van der Waals surface area contributed by atoms with E-state index >= 15 is 0 Å². The van der Waals surface area contributed by atoms with Crippen molar-refractivity contribution in [1.82, 2.24) is 5.32 Å². The van der Waals surface area contributed by atoms with E-state index in [-0.39, 0.29) is 12.0 Å². The Morgan fingerprint density at radius 1 is 1.21 bits per heavy atom. The van der Waals surface area contributed by atoms with E-state index in [4.69, 9.17) is 9.47 Å². The van der Waals surface area contributed by atoms with Crippen LogP contribution in [0.3, 0.4) is 0 Å². The molecule has 4 nitrogen and oxygen atoms in total. The van der Waals surface area contributed by atoms with E-state index in [9.17, 15) is 4.79 Å². The molecule has 1 fully saturated rings. The van der Waals surface area contributed by atoms with Gasteiger partial charge in [0.25, 0.3) is 0 Å². The van der Waals surface area contributed by atoms with Crippen LogP contribution in [0.1, 0.15) is 48.8 Å². The first-order chi connectivity index (χ1) is 11.8. The van der Waals surface area contributed by atoms with Gasteiger partial charge in [0, 0.05) is 19.8 Å². The number of hydrogen-bond donors (Lipinski definition) is 1. The third kappa shape index (κ3) is 5.32. The molecule has 24 heavy (non-hydrogen) atoms. The molecule has 0 spiro atoms. The first-order valence-corrected chi connectivity index (χ1v) is 9.38. The van der Waals surface area contributed by atoms with Crippen LogP contribution < -0.4 is 5.32 Å². The van der Waals surface area contributed by atoms with Crippen LogP contribution in [0.15, 0.2) is 18.2 Å². The van der Waals surface area contributed by atoms with Crippen molar-refractivity contribution in [2.45, 2.75) is 57.5 Å². The second kappa shape index (κ2) is 9.19. The topological polar surface area (TPSA) is 47.6 Å². The maximum atomic E-state index is 12.1. The van der Waals surface area contributed by atoms with E-state index in [0.717, 1.165) is 37.9 Å². The third-order valence-corrected chi connectivity index (χ3v) is 4.89. The van der Waals surface area contributed by atoms with Gasteiger partial charge in [-0.25, -0.2) is 0 Å². The van der Waals surface area contributed by atoms with E-state index in [0.29, 0.717) is 26.2 Å². The number of carbonyl (C=O) groups is 1. The van der Waals surface area contributed by atoms with Gasteiger partial charge in [-0.2, -0.15) is 0 Å². The molecule has 1 aliphatic heterocycles. The predicted octanol–water partition coefficient (Wildman–Crippen LogP) is 2.81. The molecule has 3 rings (SSSR count). The van der Waals surface area contributed by atoms with Gasteiger partial charge in [-0.05, 0) is 61.6 Å². The first kappa shape index (κ1) is 17.4. The van der Waals surface area contributed by atoms with Gasteiger partial charge in [-0.1, -0.05) is 18.2 Å². The molecule has 0 bridgehead atoms. The molecule has 1 aromatic rings. The van der Waals surface area contributed by atoms with Crippen LogP contribution in [0.4, 0.5) is 0 Å². The Morgan fingerprint density at radius 3 is 2.92 bits per heavy atom. The zero-order valence-corrected chi connectivity index (χ0v) is 14.5. The summed E-state index contributed by atoms with van der Waals surface area (Å²) < 4.78 is 11.1. The van der Waals surface area contributed by atoms with E-state index in [2.05, 4.69) is 23.5 Å². The zero-order chi connectivity index (χ0) is 16.6. The van der Waals surface area contributed by atoms with Crippen molar-refractivity contribution >= 4 is 5.91 Å². The first-order valence-electron chi connectivity index (χ1n) is 9.38. The SMILES string of the molecule is O=C(Cc1ccc2c(c1)CCCC2)NCCCOCC1CCCO1. The molecule has 1 saturated heterocycles. The van der Waals surface area contributed by atoms with Crippen molar-refractivity contribution in [3.8, 4) is 0 Å². The minimum Gasteiger partial charge on any atom is -0.379 e. The van der Waals surface area contributed by atoms with Crippen molar-refractivity contribution in [1.29, 1.82) is 0 Å². The third-order valence-electron chi connectivity index (χ3n) is 4.89. The molecule has 1 atom stereocenters. The molecule has 1 aliphatic carbocycles. The van der Waals surface area contributed by atoms with E-state index < -0.39 is 0 Å². The van der Waals surface area contributed by atoms with Gasteiger partial charge in [0.15, 0.2) is 0 Å². The molecule has 0 aromatic heterocycles. The average Bonchev–Trinajstić information content (AvgIpc) is 3.11. The normalized spacial score (nSPS) is 19.9. The Bertz CT molecular complexity index is 538. The van der Waals surface area contributed by atoms with Crippen molar-refractivity contribution in [2.24, 2.45) is 0 Å². The quantitative estimate of drug-likeness (QED) is 0.745. The fourth-order valence-corrected chi connectivity index (χ4v) is 3.54. The number of ether oxygens (including phenoxy) is 2. The number of benzene rings is 1. The second-order valence-corrected chi connectivity index (χ2v) is 6.90. The molecule has 4 heteroatoms. The van der Waals surface area contributed by atoms with Gasteiger partial charge < -0.3 is 14.8 Å². The Balaban J connectivity index is 1.29. The van der Waals surface area contributed by atoms with Crippen molar-refractivity contribution in [3.05, 3.63) is 34.9 Å². The average molecular weight is 331 g/mol. The van der Waals surface area contributed by atoms with E-state index in [1.165, 1.54) is 30.4 Å². The highest BCUT2D eigenvalue weighted by Crippen LogP contribution is 2.22. The fraction of sp³-hybridized carbons (Fsp3) is 0.650. The van der Waals surface area contributed by atoms with Crippen LogP contribution in [0, 0.1) is 0 Å². The van der Waals surface area contributed by atoms with E-state index in [1.54, 1.807) is 0 Å². The summed E-state index contributed by atoms with van der Waals surface area (Å²) in [6, 6.07) is 6.53. The summed E-state index contributed by atoms with van der Waals surface area (Å²) in [6.07, 6.45) is 8.78. The molecule has 1 heterocycles. The van der Waals surface area contributed by atoms with Crippen molar-refractivity contribution < 1.29 is 14.3 Å². The van der Waals surface area contributed by atoms with Crippen LogP contribution in [0.25, 0.3) is 0 Å². The number of aryl methyl sites for hydroxylation is 2. The molecule has 1 N–H and O–H groups in total. The summed E-state index contributed by atoms with van der Waals surface area (Å²) in [5, 5.41) is 2.99. The van der Waals surface area contributed by atoms with Gasteiger partial charge in [-0.15, -0.1) is 0 Å². The number of nitrogens with one attached hydrogen (secondary N) is 1. The highest BCUT2D eigenvalue weighted by atomic mass is 16.5. The highest BCUT2D eigenvalue weighted by Gasteiger charge is 2.15. The van der Waals surface area contributed by atoms with Crippen LogP contribution in [-0.2, 0) is 33.5 Å². The summed E-state index contributed by atoms with van der Waals surface area (Å²) >= 11 is 0. The monoisotopic (exact) mass is 331 g/mol. The lowest BCUT2D eigenvalue weighted by atomic mass is 9.90. The Hall–Kier alpha value is -1.39. The molecule has 0 saturated carbocycles. The molecule has 1 amide bonds. The van der Waals surface area contributed by atoms with Crippen LogP contribution >= 0.6 is 0 Å². The van der Waals surface area contributed by atoms with E-state index in [1.807, 2.05) is 0 Å². The van der Waals surface area contributed by atoms with Crippen LogP contribution in [0.2, 0.25) is 0 Å². The number of rotatable bonds is 8. The van der Waals surface area contributed by atoms with Gasteiger partial charge in [0.05, 0.1) is 19.1 Å². The zero-order valence-electron chi connectivity index (χ0n) is 14.5. The highest BCUT2D eigenvalue weighted by molar-refractivity contribution is 5.78. The summed E-state index contributed by atoms with van der Waals surface area (Å²) in [7, 11) is 0. The molecular weight excluding hydrogens is 302 g/mol. The summed E-state index contributed by atoms with van der Waals surface area (Å²) in [5.74, 6) is 0.102. The van der Waals surface area contributed by atoms with Gasteiger partial charge >= 0.3 is 0 Å². The molecule has 1 aromatic carbocycles. The number of hydrogen-bond acceptors (Lipinski definition) is 3. The van der Waals surface area contributed by atoms with Gasteiger partial charge in [0.2, 0.25) is 5.91 Å². The van der Waals surface area contributed by atoms with Crippen molar-refractivity contribution in [2.75, 3.05) is 26.4 Å². The lowest BCUT2D eigenvalue weighted by molar-refractivity contribution is -0.120. The van der Waals surface area contributed by atoms with Crippen LogP contribution in [-0.4, -0.2) is 38.4 Å². The second-order valence-electron chi connectivity index (χ2n) is 6.90. The van der Waals surface area contributed by atoms with Crippen LogP contribution in [0.5, 0.6) is 0 Å². The smallest absolute Gasteiger partial charge is 0.224 e. The maximum absolute atomic E-state index is 12.1. The fourth-order valence-electron chi connectivity index (χ4n) is 3.54. The standard InChI is InChI=1S/C20H29NO3/c22-20(21-10-4-11-23-15-19-7-3-12-24-19)14-16-8-9-17-5-1-2-6-18(17)13-16/h8-9,13,19H,1-7,10-12,14-15H2,(H,21,22). The molecule has 0 radical (unpaired) electrons. The predicted molar refractivity (Wildman–Crippen MR) is 94.2 cm³/mol. The Morgan fingerprint density at radius 2 is 2.08 bits per heavy atom. The lowest BCUT2D eigenvalue weighted by Crippen LogP contribution is -2.27. The summed E-state index contributed by atoms with van der Waals surface area (Å²) in [5.41, 5.74) is 4.03. The van der Waals surface area contributed by atoms with Gasteiger partial charge in [0.1, 0.15) is 0 Å². The Labute approximate surface area is 144 Å².